The van der Waals surface area contributed by atoms with Gasteiger partial charge in [-0.25, -0.2) is 0 Å². The van der Waals surface area contributed by atoms with Gasteiger partial charge >= 0.3 is 0 Å². The maximum Gasteiger partial charge on any atom is 0.156 e. The molecule has 1 aliphatic rings. The van der Waals surface area contributed by atoms with Gasteiger partial charge in [-0.3, -0.25) is 9.69 Å². The fraction of sp³-hybridized carbons (Fsp3) is 0.562. The molecular weight excluding hydrogens is 270 g/mol. The third-order valence-corrected chi connectivity index (χ3v) is 4.75. The number of ether oxygens (including phenoxy) is 1. The van der Waals surface area contributed by atoms with Crippen LogP contribution in [0.15, 0.2) is 29.2 Å². The molecule has 1 aromatic carbocycles. The van der Waals surface area contributed by atoms with Crippen molar-refractivity contribution in [1.82, 2.24) is 4.90 Å². The van der Waals surface area contributed by atoms with Crippen molar-refractivity contribution in [2.45, 2.75) is 30.7 Å². The van der Waals surface area contributed by atoms with Gasteiger partial charge < -0.3 is 4.74 Å². The van der Waals surface area contributed by atoms with Crippen LogP contribution in [0.5, 0.6) is 0 Å². The summed E-state index contributed by atoms with van der Waals surface area (Å²) in [5.74, 6) is 0.274. The molecule has 110 valence electrons. The van der Waals surface area contributed by atoms with Crippen LogP contribution < -0.4 is 0 Å². The molecule has 1 aromatic rings. The Balaban J connectivity index is 2.01. The highest BCUT2D eigenvalue weighted by Gasteiger charge is 2.34. The number of hydrogen-bond acceptors (Lipinski definition) is 4. The van der Waals surface area contributed by atoms with E-state index in [1.807, 2.05) is 13.8 Å². The quantitative estimate of drug-likeness (QED) is 0.781. The molecule has 0 spiro atoms. The summed E-state index contributed by atoms with van der Waals surface area (Å²) >= 11 is 1.72. The molecule has 1 aliphatic heterocycles. The van der Waals surface area contributed by atoms with Crippen LogP contribution in [-0.4, -0.2) is 48.8 Å². The first-order valence-corrected chi connectivity index (χ1v) is 8.25. The van der Waals surface area contributed by atoms with Crippen LogP contribution in [0.3, 0.4) is 0 Å². The smallest absolute Gasteiger partial charge is 0.156 e. The number of carbonyl (C=O) groups is 1. The van der Waals surface area contributed by atoms with Gasteiger partial charge in [0, 0.05) is 24.4 Å². The molecule has 1 fully saturated rings. The number of Topliss-reactive ketones (excluding diaryl/α,β-unsaturated/α-hetero) is 1. The van der Waals surface area contributed by atoms with Gasteiger partial charge in [0.2, 0.25) is 0 Å². The van der Waals surface area contributed by atoms with Gasteiger partial charge in [0.15, 0.2) is 5.78 Å². The Bertz CT molecular complexity index is 450. The summed E-state index contributed by atoms with van der Waals surface area (Å²) in [4.78, 5) is 16.1. The van der Waals surface area contributed by atoms with E-state index in [9.17, 15) is 4.79 Å². The van der Waals surface area contributed by atoms with Gasteiger partial charge in [0.1, 0.15) is 0 Å². The van der Waals surface area contributed by atoms with Crippen molar-refractivity contribution < 1.29 is 9.53 Å². The van der Waals surface area contributed by atoms with Crippen LogP contribution in [0.25, 0.3) is 0 Å². The molecule has 1 heterocycles. The summed E-state index contributed by atoms with van der Waals surface area (Å²) in [5, 5.41) is 0. The lowest BCUT2D eigenvalue weighted by Gasteiger charge is -2.39. The predicted octanol–water partition coefficient (Wildman–Crippen LogP) is 2.63. The minimum atomic E-state index is -0.415. The standard InChI is InChI=1S/C16H23NO2S/c1-16(2,17-8-10-19-11-9-17)15(18)12-13-4-6-14(20-3)7-5-13/h4-7H,8-12H2,1-3H3. The van der Waals surface area contributed by atoms with Gasteiger partial charge in [-0.1, -0.05) is 12.1 Å². The van der Waals surface area contributed by atoms with E-state index >= 15 is 0 Å². The second-order valence-electron chi connectivity index (χ2n) is 5.61. The lowest BCUT2D eigenvalue weighted by molar-refractivity contribution is -0.131. The summed E-state index contributed by atoms with van der Waals surface area (Å²) in [6.07, 6.45) is 2.56. The molecule has 0 aliphatic carbocycles. The van der Waals surface area contributed by atoms with Crippen LogP contribution in [-0.2, 0) is 16.0 Å². The zero-order valence-corrected chi connectivity index (χ0v) is 13.3. The Labute approximate surface area is 125 Å². The van der Waals surface area contributed by atoms with Crippen LogP contribution in [0.1, 0.15) is 19.4 Å². The Morgan fingerprint density at radius 2 is 1.85 bits per heavy atom. The zero-order valence-electron chi connectivity index (χ0n) is 12.5. The Morgan fingerprint density at radius 3 is 2.40 bits per heavy atom. The van der Waals surface area contributed by atoms with E-state index in [2.05, 4.69) is 35.4 Å². The van der Waals surface area contributed by atoms with Gasteiger partial charge in [-0.05, 0) is 37.8 Å². The molecule has 2 rings (SSSR count). The maximum absolute atomic E-state index is 12.6. The maximum atomic E-state index is 12.6. The van der Waals surface area contributed by atoms with E-state index in [4.69, 9.17) is 4.74 Å². The van der Waals surface area contributed by atoms with Crippen molar-refractivity contribution in [2.24, 2.45) is 0 Å². The molecule has 0 atom stereocenters. The van der Waals surface area contributed by atoms with Gasteiger partial charge in [0.25, 0.3) is 0 Å². The van der Waals surface area contributed by atoms with E-state index in [-0.39, 0.29) is 5.78 Å². The number of carbonyl (C=O) groups excluding carboxylic acids is 1. The van der Waals surface area contributed by atoms with Crippen molar-refractivity contribution >= 4 is 17.5 Å². The highest BCUT2D eigenvalue weighted by atomic mass is 32.2. The average Bonchev–Trinajstić information content (AvgIpc) is 2.49. The van der Waals surface area contributed by atoms with Crippen molar-refractivity contribution in [2.75, 3.05) is 32.6 Å². The molecule has 0 unspecified atom stereocenters. The first-order valence-electron chi connectivity index (χ1n) is 7.03. The third-order valence-electron chi connectivity index (χ3n) is 4.01. The number of thioether (sulfide) groups is 1. The lowest BCUT2D eigenvalue weighted by atomic mass is 9.91. The molecule has 3 nitrogen and oxygen atoms in total. The van der Waals surface area contributed by atoms with Crippen molar-refractivity contribution in [3.05, 3.63) is 29.8 Å². The molecule has 4 heteroatoms. The fourth-order valence-corrected chi connectivity index (χ4v) is 2.85. The molecule has 0 radical (unpaired) electrons. The summed E-state index contributed by atoms with van der Waals surface area (Å²) in [6.45, 7) is 7.17. The van der Waals surface area contributed by atoms with E-state index < -0.39 is 5.54 Å². The molecule has 0 amide bonds. The second kappa shape index (κ2) is 6.74. The van der Waals surface area contributed by atoms with Gasteiger partial charge in [-0.2, -0.15) is 0 Å². The van der Waals surface area contributed by atoms with Crippen molar-refractivity contribution in [3.63, 3.8) is 0 Å². The Kier molecular flexibility index (Phi) is 5.24. The van der Waals surface area contributed by atoms with Crippen LogP contribution in [0.2, 0.25) is 0 Å². The fourth-order valence-electron chi connectivity index (χ4n) is 2.44. The van der Waals surface area contributed by atoms with Crippen molar-refractivity contribution in [1.29, 1.82) is 0 Å². The number of hydrogen-bond donors (Lipinski definition) is 0. The van der Waals surface area contributed by atoms with Crippen LogP contribution in [0.4, 0.5) is 0 Å². The molecule has 0 N–H and O–H groups in total. The predicted molar refractivity (Wildman–Crippen MR) is 83.4 cm³/mol. The largest absolute Gasteiger partial charge is 0.379 e. The van der Waals surface area contributed by atoms with Gasteiger partial charge in [-0.15, -0.1) is 11.8 Å². The summed E-state index contributed by atoms with van der Waals surface area (Å²) < 4.78 is 5.36. The number of nitrogens with zero attached hydrogens (tertiary/aromatic N) is 1. The average molecular weight is 293 g/mol. The highest BCUT2D eigenvalue weighted by Crippen LogP contribution is 2.21. The minimum Gasteiger partial charge on any atom is -0.379 e. The number of rotatable bonds is 5. The van der Waals surface area contributed by atoms with Crippen molar-refractivity contribution in [3.8, 4) is 0 Å². The highest BCUT2D eigenvalue weighted by molar-refractivity contribution is 7.98. The Morgan fingerprint density at radius 1 is 1.25 bits per heavy atom. The van der Waals surface area contributed by atoms with E-state index in [1.165, 1.54) is 4.90 Å². The molecule has 0 bridgehead atoms. The topological polar surface area (TPSA) is 29.5 Å². The van der Waals surface area contributed by atoms with E-state index in [1.54, 1.807) is 11.8 Å². The minimum absolute atomic E-state index is 0.274. The first-order chi connectivity index (χ1) is 9.54. The summed E-state index contributed by atoms with van der Waals surface area (Å²) in [5.41, 5.74) is 0.677. The molecule has 20 heavy (non-hydrogen) atoms. The monoisotopic (exact) mass is 293 g/mol. The molecular formula is C16H23NO2S. The lowest BCUT2D eigenvalue weighted by Crippen LogP contribution is -2.54. The van der Waals surface area contributed by atoms with Gasteiger partial charge in [0.05, 0.1) is 18.8 Å². The van der Waals surface area contributed by atoms with E-state index in [0.717, 1.165) is 31.9 Å². The Hall–Kier alpha value is -0.840. The van der Waals surface area contributed by atoms with Crippen LogP contribution >= 0.6 is 11.8 Å². The summed E-state index contributed by atoms with van der Waals surface area (Å²) in [7, 11) is 0. The van der Waals surface area contributed by atoms with Crippen LogP contribution in [0, 0.1) is 0 Å². The molecule has 0 aromatic heterocycles. The molecule has 1 saturated heterocycles. The third kappa shape index (κ3) is 3.62. The zero-order chi connectivity index (χ0) is 14.6. The second-order valence-corrected chi connectivity index (χ2v) is 6.49. The normalized spacial score (nSPS) is 17.1. The number of ketones is 1. The number of benzene rings is 1. The SMILES string of the molecule is CSc1ccc(CC(=O)C(C)(C)N2CCOCC2)cc1. The molecule has 0 saturated carbocycles. The number of morpholine rings is 1. The van der Waals surface area contributed by atoms with E-state index in [0.29, 0.717) is 6.42 Å². The summed E-state index contributed by atoms with van der Waals surface area (Å²) in [6, 6.07) is 8.27. The first kappa shape index (κ1) is 15.5.